The molecule has 0 aromatic carbocycles. The number of piperidine rings is 1. The van der Waals surface area contributed by atoms with Crippen molar-refractivity contribution in [1.29, 1.82) is 0 Å². The molecule has 4 heterocycles. The average molecular weight is 439 g/mol. The van der Waals surface area contributed by atoms with Crippen LogP contribution in [-0.2, 0) is 31.0 Å². The molecule has 4 aliphatic rings. The minimum Gasteiger partial charge on any atom is -0.483 e. The van der Waals surface area contributed by atoms with Gasteiger partial charge in [0.15, 0.2) is 0 Å². The van der Waals surface area contributed by atoms with E-state index in [9.17, 15) is 4.79 Å². The van der Waals surface area contributed by atoms with E-state index in [1.54, 1.807) is 11.3 Å². The maximum absolute atomic E-state index is 12.5. The summed E-state index contributed by atoms with van der Waals surface area (Å²) in [4.78, 5) is 25.5. The van der Waals surface area contributed by atoms with E-state index in [4.69, 9.17) is 24.1 Å². The van der Waals surface area contributed by atoms with Crippen molar-refractivity contribution in [3.63, 3.8) is 0 Å². The van der Waals surface area contributed by atoms with Crippen LogP contribution in [0.4, 0.5) is 0 Å². The maximum atomic E-state index is 12.5. The van der Waals surface area contributed by atoms with Gasteiger partial charge in [-0.3, -0.25) is 9.59 Å². The molecule has 1 spiro atoms. The summed E-state index contributed by atoms with van der Waals surface area (Å²) in [6, 6.07) is 2.51. The van der Waals surface area contributed by atoms with Gasteiger partial charge < -0.3 is 29.5 Å². The zero-order valence-electron chi connectivity index (χ0n) is 17.1. The van der Waals surface area contributed by atoms with Gasteiger partial charge in [-0.2, -0.15) is 0 Å². The molecule has 8 nitrogen and oxygen atoms in total. The van der Waals surface area contributed by atoms with Crippen LogP contribution in [0, 0.1) is 0 Å². The third kappa shape index (κ3) is 5.03. The molecule has 30 heavy (non-hydrogen) atoms. The fourth-order valence-electron chi connectivity index (χ4n) is 4.45. The molecule has 3 fully saturated rings. The highest BCUT2D eigenvalue weighted by atomic mass is 32.1. The molecule has 166 valence electrons. The first-order valence-corrected chi connectivity index (χ1v) is 11.5. The average Bonchev–Trinajstić information content (AvgIpc) is 3.45. The Labute approximate surface area is 180 Å². The second-order valence-electron chi connectivity index (χ2n) is 8.26. The lowest BCUT2D eigenvalue weighted by Crippen LogP contribution is -2.49. The molecule has 1 aromatic rings. The number of rotatable bonds is 4. The number of carbonyl (C=O) groups excluding carboxylic acids is 1. The summed E-state index contributed by atoms with van der Waals surface area (Å²) in [7, 11) is 0. The molecular formula is C21H30N2O6S. The SMILES string of the molecule is O=C(NC1CC1)c1cc2c(s1)CCOC21CCN(CC2COCCO2)CC1.O=CO. The van der Waals surface area contributed by atoms with E-state index in [1.165, 1.54) is 10.4 Å². The normalized spacial score (nSPS) is 25.7. The standard InChI is InChI=1S/C20H28N2O4S.CH2O2/c23-19(21-14-1-2-14)18-11-16-17(27-18)3-8-26-20(16)4-6-22(7-5-20)12-15-13-24-9-10-25-15;2-1-3/h11,14-15H,1-10,12-13H2,(H,21,23);1H,(H,2,3). The minimum atomic E-state index is -0.250. The fraction of sp³-hybridized carbons (Fsp3) is 0.714. The Morgan fingerprint density at radius 1 is 1.30 bits per heavy atom. The van der Waals surface area contributed by atoms with E-state index in [0.29, 0.717) is 25.9 Å². The number of carbonyl (C=O) groups is 2. The number of amides is 1. The van der Waals surface area contributed by atoms with Crippen LogP contribution in [0.5, 0.6) is 0 Å². The van der Waals surface area contributed by atoms with Gasteiger partial charge in [0, 0.05) is 37.0 Å². The van der Waals surface area contributed by atoms with Crippen molar-refractivity contribution < 1.29 is 28.9 Å². The molecule has 1 amide bonds. The smallest absolute Gasteiger partial charge is 0.290 e. The molecule has 2 saturated heterocycles. The largest absolute Gasteiger partial charge is 0.483 e. The summed E-state index contributed by atoms with van der Waals surface area (Å²) in [5, 5.41) is 10.0. The van der Waals surface area contributed by atoms with Crippen LogP contribution in [0.3, 0.4) is 0 Å². The summed E-state index contributed by atoms with van der Waals surface area (Å²) >= 11 is 1.67. The monoisotopic (exact) mass is 438 g/mol. The highest BCUT2D eigenvalue weighted by molar-refractivity contribution is 7.14. The Hall–Kier alpha value is -1.52. The number of nitrogens with zero attached hydrogens (tertiary/aromatic N) is 1. The Balaban J connectivity index is 0.000000687. The first kappa shape index (κ1) is 21.7. The molecule has 5 rings (SSSR count). The first-order valence-electron chi connectivity index (χ1n) is 10.7. The van der Waals surface area contributed by atoms with Crippen molar-refractivity contribution in [2.75, 3.05) is 46.1 Å². The zero-order chi connectivity index (χ0) is 21.0. The predicted molar refractivity (Wildman–Crippen MR) is 111 cm³/mol. The van der Waals surface area contributed by atoms with Gasteiger partial charge in [-0.1, -0.05) is 0 Å². The van der Waals surface area contributed by atoms with Gasteiger partial charge in [0.05, 0.1) is 43.0 Å². The van der Waals surface area contributed by atoms with Crippen LogP contribution in [0.2, 0.25) is 0 Å². The molecule has 0 bridgehead atoms. The molecule has 1 aromatic heterocycles. The molecule has 1 unspecified atom stereocenters. The quantitative estimate of drug-likeness (QED) is 0.690. The van der Waals surface area contributed by atoms with E-state index in [0.717, 1.165) is 63.2 Å². The maximum Gasteiger partial charge on any atom is 0.290 e. The summed E-state index contributed by atoms with van der Waals surface area (Å²) < 4.78 is 17.7. The van der Waals surface area contributed by atoms with Gasteiger partial charge in [0.2, 0.25) is 0 Å². The molecule has 3 aliphatic heterocycles. The number of thiophene rings is 1. The predicted octanol–water partition coefficient (Wildman–Crippen LogP) is 1.62. The highest BCUT2D eigenvalue weighted by Crippen LogP contribution is 2.44. The van der Waals surface area contributed by atoms with Crippen LogP contribution >= 0.6 is 11.3 Å². The van der Waals surface area contributed by atoms with E-state index >= 15 is 0 Å². The molecule has 1 aliphatic carbocycles. The van der Waals surface area contributed by atoms with Gasteiger partial charge in [0.25, 0.3) is 12.4 Å². The number of hydrogen-bond donors (Lipinski definition) is 2. The van der Waals surface area contributed by atoms with Crippen molar-refractivity contribution >= 4 is 23.7 Å². The highest BCUT2D eigenvalue weighted by Gasteiger charge is 2.42. The van der Waals surface area contributed by atoms with E-state index in [2.05, 4.69) is 16.3 Å². The van der Waals surface area contributed by atoms with Gasteiger partial charge in [-0.15, -0.1) is 11.3 Å². The third-order valence-electron chi connectivity index (χ3n) is 6.15. The number of hydrogen-bond acceptors (Lipinski definition) is 7. The third-order valence-corrected chi connectivity index (χ3v) is 7.35. The Morgan fingerprint density at radius 3 is 2.73 bits per heavy atom. The lowest BCUT2D eigenvalue weighted by molar-refractivity contribution is -0.122. The Kier molecular flexibility index (Phi) is 7.05. The number of nitrogens with one attached hydrogen (secondary N) is 1. The number of likely N-dealkylation sites (tertiary alicyclic amines) is 1. The summed E-state index contributed by atoms with van der Waals surface area (Å²) in [6.07, 6.45) is 5.32. The van der Waals surface area contributed by atoms with Crippen LogP contribution in [0.25, 0.3) is 0 Å². The van der Waals surface area contributed by atoms with Crippen molar-refractivity contribution in [2.45, 2.75) is 49.9 Å². The van der Waals surface area contributed by atoms with E-state index in [1.807, 2.05) is 0 Å². The molecule has 1 atom stereocenters. The molecule has 2 N–H and O–H groups in total. The van der Waals surface area contributed by atoms with Gasteiger partial charge in [-0.05, 0) is 37.3 Å². The topological polar surface area (TPSA) is 97.3 Å². The molecule has 9 heteroatoms. The van der Waals surface area contributed by atoms with Gasteiger partial charge in [-0.25, -0.2) is 0 Å². The summed E-state index contributed by atoms with van der Waals surface area (Å²) in [5.41, 5.74) is 1.07. The summed E-state index contributed by atoms with van der Waals surface area (Å²) in [6.45, 7) is 5.56. The molecular weight excluding hydrogens is 408 g/mol. The minimum absolute atomic E-state index is 0.0962. The van der Waals surface area contributed by atoms with Crippen molar-refractivity contribution in [2.24, 2.45) is 0 Å². The molecule has 0 radical (unpaired) electrons. The Bertz CT molecular complexity index is 736. The van der Waals surface area contributed by atoms with Gasteiger partial charge in [0.1, 0.15) is 0 Å². The second-order valence-corrected chi connectivity index (χ2v) is 9.40. The second kappa shape index (κ2) is 9.74. The first-order chi connectivity index (χ1) is 14.6. The Morgan fingerprint density at radius 2 is 2.07 bits per heavy atom. The lowest BCUT2D eigenvalue weighted by atomic mass is 9.82. The van der Waals surface area contributed by atoms with Crippen molar-refractivity contribution in [3.8, 4) is 0 Å². The van der Waals surface area contributed by atoms with Crippen LogP contribution in [-0.4, -0.2) is 80.6 Å². The molecule has 1 saturated carbocycles. The zero-order valence-corrected chi connectivity index (χ0v) is 18.0. The van der Waals surface area contributed by atoms with E-state index in [-0.39, 0.29) is 24.1 Å². The van der Waals surface area contributed by atoms with Gasteiger partial charge >= 0.3 is 0 Å². The summed E-state index contributed by atoms with van der Waals surface area (Å²) in [5.74, 6) is 0.0962. The van der Waals surface area contributed by atoms with E-state index < -0.39 is 0 Å². The van der Waals surface area contributed by atoms with Crippen LogP contribution < -0.4 is 5.32 Å². The van der Waals surface area contributed by atoms with Crippen LogP contribution in [0.15, 0.2) is 6.07 Å². The number of fused-ring (bicyclic) bond motifs is 2. The fourth-order valence-corrected chi connectivity index (χ4v) is 5.59. The van der Waals surface area contributed by atoms with Crippen LogP contribution in [0.1, 0.15) is 45.8 Å². The van der Waals surface area contributed by atoms with Crippen molar-refractivity contribution in [1.82, 2.24) is 10.2 Å². The lowest BCUT2D eigenvalue weighted by Gasteiger charge is -2.44. The van der Waals surface area contributed by atoms with Crippen molar-refractivity contribution in [3.05, 3.63) is 21.4 Å². The number of carboxylic acid groups (broad SMARTS) is 1. The number of ether oxygens (including phenoxy) is 3.